The van der Waals surface area contributed by atoms with E-state index in [0.717, 1.165) is 18.1 Å². The van der Waals surface area contributed by atoms with Gasteiger partial charge in [0.05, 0.1) is 11.7 Å². The Labute approximate surface area is 126 Å². The molecular weight excluding hydrogens is 262 g/mol. The molecule has 0 spiro atoms. The first-order chi connectivity index (χ1) is 9.90. The normalized spacial score (nSPS) is 12.9. The summed E-state index contributed by atoms with van der Waals surface area (Å²) in [6.45, 7) is 13.7. The fourth-order valence-electron chi connectivity index (χ4n) is 2.63. The molecule has 1 atom stereocenters. The van der Waals surface area contributed by atoms with Gasteiger partial charge in [0.1, 0.15) is 0 Å². The van der Waals surface area contributed by atoms with E-state index in [1.54, 1.807) is 0 Å². The Balaban J connectivity index is 2.37. The van der Waals surface area contributed by atoms with Crippen LogP contribution in [-0.4, -0.2) is 26.8 Å². The van der Waals surface area contributed by atoms with E-state index in [1.807, 2.05) is 4.68 Å². The van der Waals surface area contributed by atoms with Crippen molar-refractivity contribution in [2.24, 2.45) is 5.92 Å². The van der Waals surface area contributed by atoms with Crippen molar-refractivity contribution < 1.29 is 0 Å². The van der Waals surface area contributed by atoms with Gasteiger partial charge in [-0.2, -0.15) is 4.68 Å². The van der Waals surface area contributed by atoms with Crippen LogP contribution in [0.2, 0.25) is 0 Å². The molecular formula is C16H25N5. The van der Waals surface area contributed by atoms with Crippen LogP contribution in [0.15, 0.2) is 12.1 Å². The lowest BCUT2D eigenvalue weighted by molar-refractivity contribution is 0.474. The minimum atomic E-state index is 0.113. The Hall–Kier alpha value is -1.75. The lowest BCUT2D eigenvalue weighted by Gasteiger charge is -2.17. The van der Waals surface area contributed by atoms with E-state index in [2.05, 4.69) is 74.5 Å². The van der Waals surface area contributed by atoms with E-state index in [4.69, 9.17) is 0 Å². The third-order valence-electron chi connectivity index (χ3n) is 3.56. The van der Waals surface area contributed by atoms with E-state index in [-0.39, 0.29) is 6.04 Å². The Morgan fingerprint density at radius 2 is 1.71 bits per heavy atom. The zero-order valence-electron chi connectivity index (χ0n) is 13.8. The molecule has 0 saturated heterocycles. The molecule has 1 aromatic carbocycles. The number of benzene rings is 1. The third-order valence-corrected chi connectivity index (χ3v) is 3.56. The van der Waals surface area contributed by atoms with Crippen molar-refractivity contribution in [1.82, 2.24) is 25.5 Å². The predicted octanol–water partition coefficient (Wildman–Crippen LogP) is 2.89. The minimum absolute atomic E-state index is 0.113. The summed E-state index contributed by atoms with van der Waals surface area (Å²) in [4.78, 5) is 0. The second-order valence-electron chi connectivity index (χ2n) is 6.22. The van der Waals surface area contributed by atoms with E-state index in [1.165, 1.54) is 16.7 Å². The molecule has 0 amide bonds. The number of hydrogen-bond donors (Lipinski definition) is 1. The van der Waals surface area contributed by atoms with Gasteiger partial charge in [-0.3, -0.25) is 0 Å². The Kier molecular flexibility index (Phi) is 4.73. The monoisotopic (exact) mass is 287 g/mol. The van der Waals surface area contributed by atoms with Gasteiger partial charge >= 0.3 is 0 Å². The maximum Gasteiger partial charge on any atom is 0.173 e. The standard InChI is InChI=1S/C16H25N5/c1-10(2)9-17-14(6)16-18-19-20-21(16)15-12(4)7-11(3)8-13(15)5/h7-8,10,14,17H,9H2,1-6H3. The predicted molar refractivity (Wildman–Crippen MR) is 84.6 cm³/mol. The highest BCUT2D eigenvalue weighted by molar-refractivity contribution is 5.49. The maximum absolute atomic E-state index is 4.21. The number of aromatic nitrogens is 4. The van der Waals surface area contributed by atoms with Gasteiger partial charge in [-0.1, -0.05) is 31.5 Å². The maximum atomic E-state index is 4.21. The first-order valence-corrected chi connectivity index (χ1v) is 7.50. The third kappa shape index (κ3) is 3.47. The zero-order valence-corrected chi connectivity index (χ0v) is 13.8. The quantitative estimate of drug-likeness (QED) is 0.918. The zero-order chi connectivity index (χ0) is 15.6. The molecule has 1 unspecified atom stereocenters. The lowest BCUT2D eigenvalue weighted by Crippen LogP contribution is -2.26. The fraction of sp³-hybridized carbons (Fsp3) is 0.562. The van der Waals surface area contributed by atoms with Crippen LogP contribution in [0.4, 0.5) is 0 Å². The molecule has 1 N–H and O–H groups in total. The van der Waals surface area contributed by atoms with Crippen LogP contribution >= 0.6 is 0 Å². The summed E-state index contributed by atoms with van der Waals surface area (Å²) < 4.78 is 1.86. The number of rotatable bonds is 5. The first kappa shape index (κ1) is 15.6. The van der Waals surface area contributed by atoms with Gasteiger partial charge < -0.3 is 5.32 Å². The molecule has 1 aromatic heterocycles. The number of nitrogens with zero attached hydrogens (tertiary/aromatic N) is 4. The van der Waals surface area contributed by atoms with Gasteiger partial charge in [-0.25, -0.2) is 0 Å². The highest BCUT2D eigenvalue weighted by Gasteiger charge is 2.18. The molecule has 5 heteroatoms. The highest BCUT2D eigenvalue weighted by atomic mass is 15.5. The van der Waals surface area contributed by atoms with E-state index in [9.17, 15) is 0 Å². The minimum Gasteiger partial charge on any atom is -0.307 e. The second-order valence-corrected chi connectivity index (χ2v) is 6.22. The van der Waals surface area contributed by atoms with Gasteiger partial charge in [0.25, 0.3) is 0 Å². The van der Waals surface area contributed by atoms with Crippen molar-refractivity contribution in [2.45, 2.75) is 47.6 Å². The van der Waals surface area contributed by atoms with Crippen molar-refractivity contribution in [3.63, 3.8) is 0 Å². The van der Waals surface area contributed by atoms with Crippen LogP contribution in [0.1, 0.15) is 49.3 Å². The molecule has 0 aliphatic heterocycles. The van der Waals surface area contributed by atoms with Crippen LogP contribution < -0.4 is 5.32 Å². The van der Waals surface area contributed by atoms with Crippen molar-refractivity contribution in [3.8, 4) is 5.69 Å². The Morgan fingerprint density at radius 1 is 1.10 bits per heavy atom. The molecule has 0 aliphatic carbocycles. The largest absolute Gasteiger partial charge is 0.307 e. The van der Waals surface area contributed by atoms with Crippen molar-refractivity contribution in [2.75, 3.05) is 6.54 Å². The number of aryl methyl sites for hydroxylation is 3. The summed E-state index contributed by atoms with van der Waals surface area (Å²) in [5, 5.41) is 15.8. The molecule has 2 aromatic rings. The number of hydrogen-bond acceptors (Lipinski definition) is 4. The average Bonchev–Trinajstić information content (AvgIpc) is 2.83. The van der Waals surface area contributed by atoms with Gasteiger partial charge in [0, 0.05) is 0 Å². The summed E-state index contributed by atoms with van der Waals surface area (Å²) in [6, 6.07) is 4.45. The molecule has 0 bridgehead atoms. The average molecular weight is 287 g/mol. The molecule has 21 heavy (non-hydrogen) atoms. The molecule has 114 valence electrons. The molecule has 0 aliphatic rings. The summed E-state index contributed by atoms with van der Waals surface area (Å²) >= 11 is 0. The van der Waals surface area contributed by atoms with Gasteiger partial charge in [0.2, 0.25) is 0 Å². The van der Waals surface area contributed by atoms with Crippen LogP contribution in [-0.2, 0) is 0 Å². The highest BCUT2D eigenvalue weighted by Crippen LogP contribution is 2.22. The van der Waals surface area contributed by atoms with Crippen LogP contribution in [0.25, 0.3) is 5.69 Å². The molecule has 2 rings (SSSR count). The summed E-state index contributed by atoms with van der Waals surface area (Å²) in [6.07, 6.45) is 0. The van der Waals surface area contributed by atoms with Crippen molar-refractivity contribution in [3.05, 3.63) is 34.6 Å². The Morgan fingerprint density at radius 3 is 2.29 bits per heavy atom. The first-order valence-electron chi connectivity index (χ1n) is 7.50. The van der Waals surface area contributed by atoms with Gasteiger partial charge in [-0.15, -0.1) is 5.10 Å². The summed E-state index contributed by atoms with van der Waals surface area (Å²) in [7, 11) is 0. The number of nitrogens with one attached hydrogen (secondary N) is 1. The van der Waals surface area contributed by atoms with E-state index in [0.29, 0.717) is 5.92 Å². The van der Waals surface area contributed by atoms with Gasteiger partial charge in [0.15, 0.2) is 5.82 Å². The van der Waals surface area contributed by atoms with Crippen molar-refractivity contribution >= 4 is 0 Å². The molecule has 5 nitrogen and oxygen atoms in total. The second kappa shape index (κ2) is 6.35. The molecule has 0 radical (unpaired) electrons. The lowest BCUT2D eigenvalue weighted by atomic mass is 10.0. The molecule has 0 fully saturated rings. The smallest absolute Gasteiger partial charge is 0.173 e. The fourth-order valence-corrected chi connectivity index (χ4v) is 2.63. The Bertz CT molecular complexity index is 592. The van der Waals surface area contributed by atoms with Crippen LogP contribution in [0.5, 0.6) is 0 Å². The summed E-state index contributed by atoms with van der Waals surface area (Å²) in [5.74, 6) is 1.45. The van der Waals surface area contributed by atoms with Crippen molar-refractivity contribution in [1.29, 1.82) is 0 Å². The topological polar surface area (TPSA) is 55.6 Å². The van der Waals surface area contributed by atoms with E-state index < -0.39 is 0 Å². The van der Waals surface area contributed by atoms with Crippen LogP contribution in [0, 0.1) is 26.7 Å². The summed E-state index contributed by atoms with van der Waals surface area (Å²) in [5.41, 5.74) is 4.72. The molecule has 0 saturated carbocycles. The van der Waals surface area contributed by atoms with E-state index >= 15 is 0 Å². The number of tetrazole rings is 1. The van der Waals surface area contributed by atoms with Gasteiger partial charge in [-0.05, 0) is 61.7 Å². The SMILES string of the molecule is Cc1cc(C)c(-n2nnnc2C(C)NCC(C)C)c(C)c1. The van der Waals surface area contributed by atoms with Crippen LogP contribution in [0.3, 0.4) is 0 Å². The molecule has 1 heterocycles.